The van der Waals surface area contributed by atoms with Crippen LogP contribution in [0.4, 0.5) is 10.2 Å². The Morgan fingerprint density at radius 3 is 2.54 bits per heavy atom. The zero-order valence-electron chi connectivity index (χ0n) is 14.7. The standard InChI is InChI=1S/C22H14FN5/c23-19-6-2-1-4-15(19)20-10-16(14-5-3-8-27-22(14)28-20)17-11-25-12-18-13(17)7-9-26-21(18)24/h1-12H,(H2,24,26). The largest absolute Gasteiger partial charge is 0.383 e. The summed E-state index contributed by atoms with van der Waals surface area (Å²) in [5.74, 6) is 0.0818. The minimum absolute atomic E-state index is 0.333. The monoisotopic (exact) mass is 367 g/mol. The van der Waals surface area contributed by atoms with Gasteiger partial charge in [0.25, 0.3) is 0 Å². The molecule has 0 saturated carbocycles. The van der Waals surface area contributed by atoms with E-state index in [2.05, 4.69) is 19.9 Å². The van der Waals surface area contributed by atoms with E-state index in [1.807, 2.05) is 24.3 Å². The summed E-state index contributed by atoms with van der Waals surface area (Å²) in [6, 6.07) is 14.1. The second-order valence-electron chi connectivity index (χ2n) is 6.39. The first kappa shape index (κ1) is 16.3. The fourth-order valence-corrected chi connectivity index (χ4v) is 3.42. The lowest BCUT2D eigenvalue weighted by Crippen LogP contribution is -1.96. The molecule has 0 unspecified atom stereocenters. The Labute approximate surface area is 159 Å². The maximum absolute atomic E-state index is 14.4. The Balaban J connectivity index is 1.88. The van der Waals surface area contributed by atoms with Crippen LogP contribution in [0.1, 0.15) is 0 Å². The van der Waals surface area contributed by atoms with Crippen LogP contribution in [0.3, 0.4) is 0 Å². The first-order valence-electron chi connectivity index (χ1n) is 8.71. The van der Waals surface area contributed by atoms with E-state index in [0.717, 1.165) is 27.3 Å². The fourth-order valence-electron chi connectivity index (χ4n) is 3.42. The van der Waals surface area contributed by atoms with E-state index in [1.165, 1.54) is 6.07 Å². The Hall–Kier alpha value is -3.93. The van der Waals surface area contributed by atoms with Gasteiger partial charge in [-0.15, -0.1) is 0 Å². The fraction of sp³-hybridized carbons (Fsp3) is 0. The lowest BCUT2D eigenvalue weighted by molar-refractivity contribution is 0.631. The summed E-state index contributed by atoms with van der Waals surface area (Å²) in [4.78, 5) is 17.5. The van der Waals surface area contributed by atoms with Crippen LogP contribution in [-0.4, -0.2) is 19.9 Å². The van der Waals surface area contributed by atoms with Crippen LogP contribution >= 0.6 is 0 Å². The highest BCUT2D eigenvalue weighted by atomic mass is 19.1. The predicted molar refractivity (Wildman–Crippen MR) is 108 cm³/mol. The molecule has 0 aliphatic rings. The van der Waals surface area contributed by atoms with E-state index in [9.17, 15) is 4.39 Å². The number of hydrogen-bond donors (Lipinski definition) is 1. The Morgan fingerprint density at radius 2 is 1.64 bits per heavy atom. The normalized spacial score (nSPS) is 11.2. The van der Waals surface area contributed by atoms with Gasteiger partial charge < -0.3 is 5.73 Å². The number of halogens is 1. The number of pyridine rings is 4. The molecule has 0 aliphatic carbocycles. The molecule has 0 fully saturated rings. The Morgan fingerprint density at radius 1 is 0.750 bits per heavy atom. The zero-order chi connectivity index (χ0) is 19.1. The van der Waals surface area contributed by atoms with Gasteiger partial charge in [-0.25, -0.2) is 19.3 Å². The molecule has 5 aromatic rings. The number of nitrogen functional groups attached to an aromatic ring is 1. The molecule has 6 heteroatoms. The first-order chi connectivity index (χ1) is 13.7. The van der Waals surface area contributed by atoms with Gasteiger partial charge in [0.2, 0.25) is 0 Å². The second-order valence-corrected chi connectivity index (χ2v) is 6.39. The lowest BCUT2D eigenvalue weighted by atomic mass is 9.97. The third-order valence-corrected chi connectivity index (χ3v) is 4.74. The van der Waals surface area contributed by atoms with Crippen molar-refractivity contribution in [3.05, 3.63) is 79.1 Å². The van der Waals surface area contributed by atoms with Crippen LogP contribution < -0.4 is 5.73 Å². The smallest absolute Gasteiger partial charge is 0.160 e. The molecule has 4 heterocycles. The van der Waals surface area contributed by atoms with Gasteiger partial charge in [-0.3, -0.25) is 4.98 Å². The zero-order valence-corrected chi connectivity index (χ0v) is 14.7. The van der Waals surface area contributed by atoms with Crippen molar-refractivity contribution < 1.29 is 4.39 Å². The maximum atomic E-state index is 14.4. The molecule has 0 spiro atoms. The molecule has 0 radical (unpaired) electrons. The highest BCUT2D eigenvalue weighted by molar-refractivity contribution is 6.06. The highest BCUT2D eigenvalue weighted by Gasteiger charge is 2.15. The third-order valence-electron chi connectivity index (χ3n) is 4.74. The van der Waals surface area contributed by atoms with Crippen LogP contribution in [0.2, 0.25) is 0 Å². The lowest BCUT2D eigenvalue weighted by Gasteiger charge is -2.12. The van der Waals surface area contributed by atoms with Crippen molar-refractivity contribution in [3.63, 3.8) is 0 Å². The summed E-state index contributed by atoms with van der Waals surface area (Å²) in [5.41, 5.74) is 9.23. The maximum Gasteiger partial charge on any atom is 0.160 e. The van der Waals surface area contributed by atoms with Gasteiger partial charge in [0.05, 0.1) is 5.69 Å². The summed E-state index contributed by atoms with van der Waals surface area (Å²) >= 11 is 0. The van der Waals surface area contributed by atoms with Crippen molar-refractivity contribution in [2.75, 3.05) is 5.73 Å². The Kier molecular flexibility index (Phi) is 3.69. The molecule has 0 saturated heterocycles. The number of benzene rings is 1. The predicted octanol–water partition coefficient (Wildman–Crippen LogP) is 4.63. The molecule has 0 aliphatic heterocycles. The molecular weight excluding hydrogens is 353 g/mol. The highest BCUT2D eigenvalue weighted by Crippen LogP contribution is 2.36. The van der Waals surface area contributed by atoms with Crippen LogP contribution in [0.15, 0.2) is 73.3 Å². The molecule has 5 nitrogen and oxygen atoms in total. The van der Waals surface area contributed by atoms with Crippen molar-refractivity contribution >= 4 is 27.6 Å². The van der Waals surface area contributed by atoms with E-state index < -0.39 is 0 Å². The molecule has 2 N–H and O–H groups in total. The van der Waals surface area contributed by atoms with Crippen molar-refractivity contribution in [3.8, 4) is 22.4 Å². The summed E-state index contributed by atoms with van der Waals surface area (Å²) < 4.78 is 14.4. The van der Waals surface area contributed by atoms with Crippen LogP contribution in [0.5, 0.6) is 0 Å². The van der Waals surface area contributed by atoms with E-state index in [-0.39, 0.29) is 5.82 Å². The average molecular weight is 367 g/mol. The van der Waals surface area contributed by atoms with Gasteiger partial charge >= 0.3 is 0 Å². The average Bonchev–Trinajstić information content (AvgIpc) is 2.73. The quantitative estimate of drug-likeness (QED) is 0.492. The molecule has 28 heavy (non-hydrogen) atoms. The van der Waals surface area contributed by atoms with Crippen LogP contribution in [0.25, 0.3) is 44.2 Å². The first-order valence-corrected chi connectivity index (χ1v) is 8.71. The second kappa shape index (κ2) is 6.35. The van der Waals surface area contributed by atoms with Crippen molar-refractivity contribution in [2.45, 2.75) is 0 Å². The molecule has 5 rings (SSSR count). The molecule has 1 aromatic carbocycles. The number of nitrogens with zero attached hydrogens (tertiary/aromatic N) is 4. The Bertz CT molecular complexity index is 1350. The number of anilines is 1. The SMILES string of the molecule is Nc1nccc2c(-c3cc(-c4ccccc4F)nc4ncccc34)cncc12. The van der Waals surface area contributed by atoms with Gasteiger partial charge in [-0.1, -0.05) is 12.1 Å². The van der Waals surface area contributed by atoms with E-state index >= 15 is 0 Å². The molecule has 0 atom stereocenters. The van der Waals surface area contributed by atoms with Gasteiger partial charge in [0, 0.05) is 46.7 Å². The topological polar surface area (TPSA) is 77.6 Å². The van der Waals surface area contributed by atoms with Crippen LogP contribution in [0, 0.1) is 5.82 Å². The van der Waals surface area contributed by atoms with Crippen molar-refractivity contribution in [1.82, 2.24) is 19.9 Å². The number of rotatable bonds is 2. The third kappa shape index (κ3) is 2.54. The number of aromatic nitrogens is 4. The van der Waals surface area contributed by atoms with Gasteiger partial charge in [0.1, 0.15) is 11.6 Å². The van der Waals surface area contributed by atoms with E-state index in [0.29, 0.717) is 22.7 Å². The van der Waals surface area contributed by atoms with E-state index in [4.69, 9.17) is 5.73 Å². The minimum atomic E-state index is -0.333. The molecule has 0 amide bonds. The number of fused-ring (bicyclic) bond motifs is 2. The van der Waals surface area contributed by atoms with Gasteiger partial charge in [-0.2, -0.15) is 0 Å². The molecule has 0 bridgehead atoms. The molecular formula is C22H14FN5. The summed E-state index contributed by atoms with van der Waals surface area (Å²) in [6.07, 6.45) is 6.81. The van der Waals surface area contributed by atoms with Crippen LogP contribution in [-0.2, 0) is 0 Å². The molecule has 4 aromatic heterocycles. The number of hydrogen-bond acceptors (Lipinski definition) is 5. The van der Waals surface area contributed by atoms with Gasteiger partial charge in [-0.05, 0) is 47.3 Å². The van der Waals surface area contributed by atoms with E-state index in [1.54, 1.807) is 43.0 Å². The minimum Gasteiger partial charge on any atom is -0.383 e. The molecule has 134 valence electrons. The van der Waals surface area contributed by atoms with Gasteiger partial charge in [0.15, 0.2) is 5.65 Å². The van der Waals surface area contributed by atoms with Crippen molar-refractivity contribution in [1.29, 1.82) is 0 Å². The number of nitrogens with two attached hydrogens (primary N) is 1. The van der Waals surface area contributed by atoms with Crippen molar-refractivity contribution in [2.24, 2.45) is 0 Å². The summed E-state index contributed by atoms with van der Waals surface area (Å²) in [6.45, 7) is 0. The summed E-state index contributed by atoms with van der Waals surface area (Å²) in [5, 5.41) is 2.53. The summed E-state index contributed by atoms with van der Waals surface area (Å²) in [7, 11) is 0.